The van der Waals surface area contributed by atoms with Crippen molar-refractivity contribution in [3.05, 3.63) is 71.8 Å². The third-order valence-corrected chi connectivity index (χ3v) is 5.53. The van der Waals surface area contributed by atoms with E-state index in [2.05, 4.69) is 46.6 Å². The van der Waals surface area contributed by atoms with Crippen molar-refractivity contribution in [3.63, 3.8) is 0 Å². The van der Waals surface area contributed by atoms with Crippen LogP contribution in [-0.4, -0.2) is 55.2 Å². The Kier molecular flexibility index (Phi) is 4.76. The van der Waals surface area contributed by atoms with Crippen molar-refractivity contribution in [2.45, 2.75) is 18.2 Å². The fourth-order valence-electron chi connectivity index (χ4n) is 4.29. The monoisotopic (exact) mass is 351 g/mol. The maximum atomic E-state index is 12.9. The van der Waals surface area contributed by atoms with Crippen LogP contribution in [0.3, 0.4) is 0 Å². The van der Waals surface area contributed by atoms with Gasteiger partial charge in [0.1, 0.15) is 0 Å². The number of rotatable bonds is 5. The molecule has 0 spiro atoms. The van der Waals surface area contributed by atoms with E-state index in [1.54, 1.807) is 7.11 Å². The van der Waals surface area contributed by atoms with Crippen molar-refractivity contribution in [3.8, 4) is 0 Å². The molecule has 2 saturated heterocycles. The minimum atomic E-state index is -0.333. The highest BCUT2D eigenvalue weighted by Gasteiger charge is 2.52. The van der Waals surface area contributed by atoms with Crippen LogP contribution < -0.4 is 5.32 Å². The molecule has 0 aromatic heterocycles. The number of methoxy groups -OCH3 is 1. The molecular weight excluding hydrogens is 326 g/mol. The average Bonchev–Trinajstić information content (AvgIpc) is 3.00. The van der Waals surface area contributed by atoms with E-state index >= 15 is 0 Å². The Morgan fingerprint density at radius 3 is 2.50 bits per heavy atom. The van der Waals surface area contributed by atoms with Gasteiger partial charge in [-0.15, -0.1) is 0 Å². The SMILES string of the molecule is COCC1(c2ccccc2)CNCC2N(Cc3ccccc3)C(=O)CN21. The first-order valence-electron chi connectivity index (χ1n) is 9.10. The zero-order valence-corrected chi connectivity index (χ0v) is 15.1. The van der Waals surface area contributed by atoms with Gasteiger partial charge in [0.15, 0.2) is 0 Å². The first kappa shape index (κ1) is 17.2. The quantitative estimate of drug-likeness (QED) is 0.892. The summed E-state index contributed by atoms with van der Waals surface area (Å²) in [4.78, 5) is 17.2. The van der Waals surface area contributed by atoms with Gasteiger partial charge in [-0.05, 0) is 11.1 Å². The molecule has 5 heteroatoms. The van der Waals surface area contributed by atoms with Crippen molar-refractivity contribution < 1.29 is 9.53 Å². The van der Waals surface area contributed by atoms with Gasteiger partial charge in [0.2, 0.25) is 5.91 Å². The normalized spacial score (nSPS) is 26.1. The number of amides is 1. The number of carbonyl (C=O) groups excluding carboxylic acids is 1. The number of nitrogens with zero attached hydrogens (tertiary/aromatic N) is 2. The minimum absolute atomic E-state index is 0.0341. The summed E-state index contributed by atoms with van der Waals surface area (Å²) in [5, 5.41) is 3.55. The number of fused-ring (bicyclic) bond motifs is 1. The van der Waals surface area contributed by atoms with E-state index in [-0.39, 0.29) is 17.6 Å². The Morgan fingerprint density at radius 1 is 1.12 bits per heavy atom. The predicted molar refractivity (Wildman–Crippen MR) is 100 cm³/mol. The second-order valence-electron chi connectivity index (χ2n) is 7.08. The molecule has 2 atom stereocenters. The first-order valence-corrected chi connectivity index (χ1v) is 9.10. The van der Waals surface area contributed by atoms with Gasteiger partial charge in [-0.25, -0.2) is 0 Å². The lowest BCUT2D eigenvalue weighted by Crippen LogP contribution is -2.65. The second kappa shape index (κ2) is 7.19. The second-order valence-corrected chi connectivity index (χ2v) is 7.08. The molecule has 2 aliphatic rings. The van der Waals surface area contributed by atoms with Gasteiger partial charge >= 0.3 is 0 Å². The Bertz CT molecular complexity index is 748. The van der Waals surface area contributed by atoms with Crippen molar-refractivity contribution >= 4 is 5.91 Å². The Labute approximate surface area is 154 Å². The molecule has 136 valence electrons. The van der Waals surface area contributed by atoms with Crippen molar-refractivity contribution in [2.24, 2.45) is 0 Å². The number of carbonyl (C=O) groups is 1. The minimum Gasteiger partial charge on any atom is -0.382 e. The van der Waals surface area contributed by atoms with E-state index < -0.39 is 0 Å². The van der Waals surface area contributed by atoms with Crippen molar-refractivity contribution in [2.75, 3.05) is 33.4 Å². The number of hydrogen-bond acceptors (Lipinski definition) is 4. The van der Waals surface area contributed by atoms with E-state index in [0.29, 0.717) is 19.7 Å². The molecular formula is C21H25N3O2. The van der Waals surface area contributed by atoms with Gasteiger partial charge in [-0.2, -0.15) is 0 Å². The van der Waals surface area contributed by atoms with E-state index in [1.807, 2.05) is 29.2 Å². The number of piperazine rings is 1. The van der Waals surface area contributed by atoms with Crippen LogP contribution in [-0.2, 0) is 21.6 Å². The van der Waals surface area contributed by atoms with E-state index in [1.165, 1.54) is 5.56 Å². The molecule has 2 aromatic carbocycles. The zero-order valence-electron chi connectivity index (χ0n) is 15.1. The van der Waals surface area contributed by atoms with Gasteiger partial charge in [-0.3, -0.25) is 9.69 Å². The Balaban J connectivity index is 1.67. The molecule has 2 unspecified atom stereocenters. The summed E-state index contributed by atoms with van der Waals surface area (Å²) in [6.45, 7) is 3.16. The molecule has 2 heterocycles. The van der Waals surface area contributed by atoms with Crippen LogP contribution in [0.4, 0.5) is 0 Å². The largest absolute Gasteiger partial charge is 0.382 e. The molecule has 2 aromatic rings. The van der Waals surface area contributed by atoms with Crippen LogP contribution >= 0.6 is 0 Å². The smallest absolute Gasteiger partial charge is 0.238 e. The van der Waals surface area contributed by atoms with Crippen molar-refractivity contribution in [1.29, 1.82) is 0 Å². The lowest BCUT2D eigenvalue weighted by molar-refractivity contribution is -0.128. The maximum absolute atomic E-state index is 12.9. The molecule has 4 rings (SSSR count). The summed E-state index contributed by atoms with van der Waals surface area (Å²) in [5.41, 5.74) is 2.01. The topological polar surface area (TPSA) is 44.8 Å². The van der Waals surface area contributed by atoms with Crippen LogP contribution in [0, 0.1) is 0 Å². The predicted octanol–water partition coefficient (Wildman–Crippen LogP) is 1.80. The first-order chi connectivity index (χ1) is 12.7. The third-order valence-electron chi connectivity index (χ3n) is 5.53. The number of ether oxygens (including phenoxy) is 1. The van der Waals surface area contributed by atoms with E-state index in [4.69, 9.17) is 4.74 Å². The number of hydrogen-bond donors (Lipinski definition) is 1. The highest BCUT2D eigenvalue weighted by molar-refractivity contribution is 5.81. The van der Waals surface area contributed by atoms with Crippen LogP contribution in [0.15, 0.2) is 60.7 Å². The summed E-state index contributed by atoms with van der Waals surface area (Å²) in [6.07, 6.45) is 0.0341. The van der Waals surface area contributed by atoms with E-state index in [0.717, 1.165) is 18.7 Å². The highest BCUT2D eigenvalue weighted by atomic mass is 16.5. The Morgan fingerprint density at radius 2 is 1.81 bits per heavy atom. The van der Waals surface area contributed by atoms with Crippen molar-refractivity contribution in [1.82, 2.24) is 15.1 Å². The zero-order chi connectivity index (χ0) is 18.0. The fourth-order valence-corrected chi connectivity index (χ4v) is 4.29. The molecule has 2 fully saturated rings. The summed E-state index contributed by atoms with van der Waals surface area (Å²) >= 11 is 0. The molecule has 0 saturated carbocycles. The summed E-state index contributed by atoms with van der Waals surface area (Å²) in [5.74, 6) is 0.180. The summed E-state index contributed by atoms with van der Waals surface area (Å²) < 4.78 is 5.62. The highest BCUT2D eigenvalue weighted by Crippen LogP contribution is 2.37. The molecule has 1 N–H and O–H groups in total. The van der Waals surface area contributed by atoms with Gasteiger partial charge < -0.3 is 15.0 Å². The number of benzene rings is 2. The molecule has 1 amide bonds. The molecule has 2 aliphatic heterocycles. The molecule has 0 aliphatic carbocycles. The van der Waals surface area contributed by atoms with Gasteiger partial charge in [0.25, 0.3) is 0 Å². The van der Waals surface area contributed by atoms with Crippen LogP contribution in [0.1, 0.15) is 11.1 Å². The average molecular weight is 351 g/mol. The van der Waals surface area contributed by atoms with Crippen LogP contribution in [0.2, 0.25) is 0 Å². The number of nitrogens with one attached hydrogen (secondary N) is 1. The van der Waals surface area contributed by atoms with Crippen LogP contribution in [0.25, 0.3) is 0 Å². The van der Waals surface area contributed by atoms with Crippen LogP contribution in [0.5, 0.6) is 0 Å². The molecule has 26 heavy (non-hydrogen) atoms. The van der Waals surface area contributed by atoms with Gasteiger partial charge in [0, 0.05) is 26.7 Å². The molecule has 5 nitrogen and oxygen atoms in total. The van der Waals surface area contributed by atoms with Gasteiger partial charge in [0.05, 0.1) is 24.9 Å². The third kappa shape index (κ3) is 2.92. The fraction of sp³-hybridized carbons (Fsp3) is 0.381. The molecule has 0 bridgehead atoms. The van der Waals surface area contributed by atoms with E-state index in [9.17, 15) is 4.79 Å². The maximum Gasteiger partial charge on any atom is 0.238 e. The lowest BCUT2D eigenvalue weighted by atomic mass is 9.86. The Hall–Kier alpha value is -2.21. The summed E-state index contributed by atoms with van der Waals surface area (Å²) in [6, 6.07) is 20.6. The summed E-state index contributed by atoms with van der Waals surface area (Å²) in [7, 11) is 1.73. The molecule has 0 radical (unpaired) electrons. The standard InChI is InChI=1S/C21H25N3O2/c1-26-16-21(18-10-6-3-7-11-18)15-22-12-19-23(20(25)14-24(19)21)13-17-8-4-2-5-9-17/h2-11,19,22H,12-16H2,1H3. The lowest BCUT2D eigenvalue weighted by Gasteiger charge is -2.49. The van der Waals surface area contributed by atoms with Gasteiger partial charge in [-0.1, -0.05) is 60.7 Å².